The third-order valence-corrected chi connectivity index (χ3v) is 9.22. The van der Waals surface area contributed by atoms with Crippen LogP contribution in [0.3, 0.4) is 0 Å². The molecule has 0 radical (unpaired) electrons. The Hall–Kier alpha value is -3.42. The maximum Gasteiger partial charge on any atom is 0.248 e. The summed E-state index contributed by atoms with van der Waals surface area (Å²) in [5.41, 5.74) is 8.85. The number of unbranched alkanes of at least 4 members (excludes halogenated alkanes) is 1. The molecule has 0 spiro atoms. The molecule has 0 aliphatic carbocycles. The molecule has 228 valence electrons. The molecule has 0 fully saturated rings. The quantitative estimate of drug-likeness (QED) is 0.107. The van der Waals surface area contributed by atoms with Gasteiger partial charge in [0.05, 0.1) is 13.7 Å². The first kappa shape index (κ1) is 32.0. The van der Waals surface area contributed by atoms with Crippen molar-refractivity contribution in [2.24, 2.45) is 5.92 Å². The zero-order valence-electron chi connectivity index (χ0n) is 25.5. The van der Waals surface area contributed by atoms with Gasteiger partial charge in [0.2, 0.25) is 11.8 Å². The Labute approximate surface area is 277 Å². The lowest BCUT2D eigenvalue weighted by atomic mass is 9.91. The highest BCUT2D eigenvalue weighted by Crippen LogP contribution is 2.36. The van der Waals surface area contributed by atoms with Gasteiger partial charge in [-0.05, 0) is 106 Å². The molecule has 0 amide bonds. The molecular weight excluding hydrogens is 680 g/mol. The van der Waals surface area contributed by atoms with Gasteiger partial charge in [-0.15, -0.1) is 10.2 Å². The van der Waals surface area contributed by atoms with Crippen LogP contribution >= 0.6 is 31.9 Å². The fourth-order valence-electron chi connectivity index (χ4n) is 5.27. The Morgan fingerprint density at radius 1 is 0.682 bits per heavy atom. The van der Waals surface area contributed by atoms with Gasteiger partial charge in [0.15, 0.2) is 0 Å². The first-order valence-electron chi connectivity index (χ1n) is 15.2. The predicted octanol–water partition coefficient (Wildman–Crippen LogP) is 11.1. The second-order valence-corrected chi connectivity index (χ2v) is 12.0. The van der Waals surface area contributed by atoms with Crippen LogP contribution in [0.15, 0.2) is 89.3 Å². The van der Waals surface area contributed by atoms with Gasteiger partial charge in [0.1, 0.15) is 11.5 Å². The largest absolute Gasteiger partial charge is 0.497 e. The van der Waals surface area contributed by atoms with E-state index in [1.54, 1.807) is 7.11 Å². The van der Waals surface area contributed by atoms with E-state index in [0.29, 0.717) is 17.7 Å². The van der Waals surface area contributed by atoms with E-state index in [2.05, 4.69) is 92.3 Å². The minimum atomic E-state index is 0.489. The second kappa shape index (κ2) is 15.5. The fraction of sp³-hybridized carbons (Fsp3) is 0.297. The Morgan fingerprint density at radius 3 is 1.64 bits per heavy atom. The average molecular weight is 719 g/mol. The molecule has 0 N–H and O–H groups in total. The average Bonchev–Trinajstić information content (AvgIpc) is 3.58. The van der Waals surface area contributed by atoms with E-state index in [9.17, 15) is 0 Å². The van der Waals surface area contributed by atoms with E-state index >= 15 is 0 Å². The topological polar surface area (TPSA) is 57.4 Å². The molecular formula is C37H38Br2N2O3. The summed E-state index contributed by atoms with van der Waals surface area (Å²) in [5, 5.41) is 10.1. The first-order valence-corrected chi connectivity index (χ1v) is 17.4. The van der Waals surface area contributed by atoms with Gasteiger partial charge in [0, 0.05) is 21.8 Å². The third kappa shape index (κ3) is 7.62. The van der Waals surface area contributed by atoms with Crippen molar-refractivity contribution in [1.82, 2.24) is 10.2 Å². The lowest BCUT2D eigenvalue weighted by Gasteiger charge is -2.16. The highest BCUT2D eigenvalue weighted by molar-refractivity contribution is 9.08. The second-order valence-electron chi connectivity index (χ2n) is 10.9. The minimum absolute atomic E-state index is 0.489. The van der Waals surface area contributed by atoms with E-state index in [4.69, 9.17) is 13.9 Å². The summed E-state index contributed by atoms with van der Waals surface area (Å²) in [6.07, 6.45) is 4.81. The Balaban J connectivity index is 1.31. The van der Waals surface area contributed by atoms with Crippen molar-refractivity contribution in [3.8, 4) is 56.7 Å². The fourth-order valence-corrected chi connectivity index (χ4v) is 6.20. The van der Waals surface area contributed by atoms with Crippen molar-refractivity contribution in [2.45, 2.75) is 50.2 Å². The van der Waals surface area contributed by atoms with E-state index in [1.807, 2.05) is 48.5 Å². The van der Waals surface area contributed by atoms with Crippen molar-refractivity contribution in [1.29, 1.82) is 0 Å². The molecule has 4 aromatic carbocycles. The zero-order valence-corrected chi connectivity index (χ0v) is 28.7. The number of hydrogen-bond donors (Lipinski definition) is 0. The number of rotatable bonds is 14. The molecule has 5 nitrogen and oxygen atoms in total. The summed E-state index contributed by atoms with van der Waals surface area (Å²) in [7, 11) is 1.69. The smallest absolute Gasteiger partial charge is 0.248 e. The number of nitrogens with zero attached hydrogens (tertiary/aromatic N) is 2. The molecule has 7 heteroatoms. The van der Waals surface area contributed by atoms with Gasteiger partial charge >= 0.3 is 0 Å². The van der Waals surface area contributed by atoms with Crippen LogP contribution in [0.5, 0.6) is 11.5 Å². The van der Waals surface area contributed by atoms with E-state index in [-0.39, 0.29) is 0 Å². The summed E-state index contributed by atoms with van der Waals surface area (Å²) in [6, 6.07) is 28.9. The van der Waals surface area contributed by atoms with Gasteiger partial charge in [-0.1, -0.05) is 89.2 Å². The van der Waals surface area contributed by atoms with Crippen LogP contribution in [0.2, 0.25) is 0 Å². The standard InChI is InChI=1S/C37H38Br2N2O3/c1-4-6-7-25(5-2)24-43-33-18-14-29(15-19-33)37-41-40-36(44-37)28-10-8-26(9-11-28)34-20-31(23-39)35(21-30(34)22-38)27-12-16-32(42-3)17-13-27/h8-21,25H,4-7,22-24H2,1-3H3. The van der Waals surface area contributed by atoms with Crippen LogP contribution < -0.4 is 9.47 Å². The van der Waals surface area contributed by atoms with Gasteiger partial charge in [-0.2, -0.15) is 0 Å². The van der Waals surface area contributed by atoms with Gasteiger partial charge < -0.3 is 13.9 Å². The maximum atomic E-state index is 6.08. The van der Waals surface area contributed by atoms with E-state index in [1.165, 1.54) is 41.5 Å². The zero-order chi connectivity index (χ0) is 30.9. The van der Waals surface area contributed by atoms with Crippen molar-refractivity contribution in [3.05, 3.63) is 96.1 Å². The normalized spacial score (nSPS) is 11.8. The molecule has 5 aromatic rings. The number of alkyl halides is 2. The molecule has 0 aliphatic rings. The lowest BCUT2D eigenvalue weighted by Crippen LogP contribution is -2.11. The molecule has 1 heterocycles. The maximum absolute atomic E-state index is 6.08. The minimum Gasteiger partial charge on any atom is -0.497 e. The summed E-state index contributed by atoms with van der Waals surface area (Å²) in [6.45, 7) is 5.21. The SMILES string of the molecule is CCCCC(CC)COc1ccc(-c2nnc(-c3ccc(-c4cc(CBr)c(-c5ccc(OC)cc5)cc4CBr)cc3)o2)cc1. The first-order chi connectivity index (χ1) is 21.6. The molecule has 0 bridgehead atoms. The van der Waals surface area contributed by atoms with Crippen molar-refractivity contribution in [3.63, 3.8) is 0 Å². The molecule has 0 aliphatic heterocycles. The van der Waals surface area contributed by atoms with Crippen molar-refractivity contribution in [2.75, 3.05) is 13.7 Å². The van der Waals surface area contributed by atoms with Gasteiger partial charge in [-0.25, -0.2) is 0 Å². The number of methoxy groups -OCH3 is 1. The number of ether oxygens (including phenoxy) is 2. The number of aromatic nitrogens is 2. The molecule has 1 unspecified atom stereocenters. The van der Waals surface area contributed by atoms with Crippen molar-refractivity contribution < 1.29 is 13.9 Å². The summed E-state index contributed by atoms with van der Waals surface area (Å²) < 4.78 is 17.5. The molecule has 44 heavy (non-hydrogen) atoms. The highest BCUT2D eigenvalue weighted by atomic mass is 79.9. The summed E-state index contributed by atoms with van der Waals surface area (Å²) in [4.78, 5) is 0. The Bertz CT molecular complexity index is 1630. The summed E-state index contributed by atoms with van der Waals surface area (Å²) >= 11 is 7.42. The van der Waals surface area contributed by atoms with Crippen LogP contribution in [0.25, 0.3) is 45.2 Å². The van der Waals surface area contributed by atoms with E-state index < -0.39 is 0 Å². The van der Waals surface area contributed by atoms with Gasteiger partial charge in [-0.3, -0.25) is 0 Å². The van der Waals surface area contributed by atoms with E-state index in [0.717, 1.165) is 57.4 Å². The highest BCUT2D eigenvalue weighted by Gasteiger charge is 2.15. The molecule has 5 rings (SSSR count). The molecule has 0 saturated heterocycles. The lowest BCUT2D eigenvalue weighted by molar-refractivity contribution is 0.233. The van der Waals surface area contributed by atoms with Crippen LogP contribution in [0.1, 0.15) is 50.7 Å². The van der Waals surface area contributed by atoms with Gasteiger partial charge in [0.25, 0.3) is 0 Å². The molecule has 1 atom stereocenters. The number of halogens is 2. The summed E-state index contributed by atoms with van der Waals surface area (Å²) in [5.74, 6) is 3.28. The van der Waals surface area contributed by atoms with Crippen LogP contribution in [-0.2, 0) is 10.7 Å². The van der Waals surface area contributed by atoms with Crippen LogP contribution in [-0.4, -0.2) is 23.9 Å². The molecule has 1 aromatic heterocycles. The third-order valence-electron chi connectivity index (χ3n) is 8.02. The number of hydrogen-bond acceptors (Lipinski definition) is 5. The predicted molar refractivity (Wildman–Crippen MR) is 187 cm³/mol. The molecule has 0 saturated carbocycles. The number of benzene rings is 4. The van der Waals surface area contributed by atoms with Crippen LogP contribution in [0.4, 0.5) is 0 Å². The Kier molecular flexibility index (Phi) is 11.3. The Morgan fingerprint density at radius 2 is 1.16 bits per heavy atom. The van der Waals surface area contributed by atoms with Crippen molar-refractivity contribution >= 4 is 31.9 Å². The van der Waals surface area contributed by atoms with Crippen LogP contribution in [0, 0.1) is 5.92 Å². The monoisotopic (exact) mass is 716 g/mol.